The van der Waals surface area contributed by atoms with E-state index in [-0.39, 0.29) is 12.0 Å². The molecule has 1 amide bonds. The summed E-state index contributed by atoms with van der Waals surface area (Å²) in [5, 5.41) is 13.1. The Bertz CT molecular complexity index is 458. The van der Waals surface area contributed by atoms with Crippen LogP contribution in [0.5, 0.6) is 0 Å². The number of aliphatic hydroxyl groups is 1. The topological polar surface area (TPSA) is 78.6 Å². The van der Waals surface area contributed by atoms with Gasteiger partial charge >= 0.3 is 0 Å². The molecule has 0 radical (unpaired) electrons. The van der Waals surface area contributed by atoms with E-state index in [0.717, 1.165) is 18.0 Å². The molecule has 0 saturated carbocycles. The van der Waals surface area contributed by atoms with Crippen LogP contribution in [0.1, 0.15) is 16.1 Å². The fourth-order valence-corrected chi connectivity index (χ4v) is 2.94. The number of rotatable bonds is 4. The lowest BCUT2D eigenvalue weighted by Gasteiger charge is -2.14. The monoisotopic (exact) mass is 267 g/mol. The summed E-state index contributed by atoms with van der Waals surface area (Å²) in [6.45, 7) is 5.38. The van der Waals surface area contributed by atoms with Gasteiger partial charge in [0.15, 0.2) is 0 Å². The van der Waals surface area contributed by atoms with Crippen LogP contribution in [-0.4, -0.2) is 36.8 Å². The van der Waals surface area contributed by atoms with E-state index in [9.17, 15) is 9.90 Å². The van der Waals surface area contributed by atoms with Gasteiger partial charge in [-0.05, 0) is 12.5 Å². The molecule has 5 nitrogen and oxygen atoms in total. The molecule has 1 aliphatic rings. The van der Waals surface area contributed by atoms with Crippen molar-refractivity contribution in [3.8, 4) is 0 Å². The molecule has 0 aliphatic carbocycles. The van der Waals surface area contributed by atoms with Gasteiger partial charge in [0, 0.05) is 19.6 Å². The molecule has 1 saturated heterocycles. The number of β-amino-alcohol motifs (C(OH)–C–C–N with tert-alkyl or cyclic N) is 1. The van der Waals surface area contributed by atoms with Crippen molar-refractivity contribution in [3.05, 3.63) is 23.6 Å². The van der Waals surface area contributed by atoms with Crippen LogP contribution >= 0.6 is 11.3 Å². The zero-order valence-electron chi connectivity index (χ0n) is 10.1. The van der Waals surface area contributed by atoms with E-state index in [0.29, 0.717) is 23.7 Å². The highest BCUT2D eigenvalue weighted by atomic mass is 32.1. The minimum Gasteiger partial charge on any atom is -0.397 e. The van der Waals surface area contributed by atoms with Gasteiger partial charge in [-0.1, -0.05) is 6.08 Å². The van der Waals surface area contributed by atoms with E-state index >= 15 is 0 Å². The van der Waals surface area contributed by atoms with Crippen molar-refractivity contribution in [3.63, 3.8) is 0 Å². The van der Waals surface area contributed by atoms with Crippen LogP contribution in [0.4, 0.5) is 10.7 Å². The molecule has 1 atom stereocenters. The fourth-order valence-electron chi connectivity index (χ4n) is 1.91. The third-order valence-electron chi connectivity index (χ3n) is 2.84. The van der Waals surface area contributed by atoms with Gasteiger partial charge < -0.3 is 21.1 Å². The fraction of sp³-hybridized carbons (Fsp3) is 0.417. The summed E-state index contributed by atoms with van der Waals surface area (Å²) in [7, 11) is 0. The smallest absolute Gasteiger partial charge is 0.263 e. The number of hydrogen-bond donors (Lipinski definition) is 3. The average Bonchev–Trinajstić information content (AvgIpc) is 2.92. The van der Waals surface area contributed by atoms with Crippen molar-refractivity contribution in [2.45, 2.75) is 12.5 Å². The highest BCUT2D eigenvalue weighted by molar-refractivity contribution is 7.18. The molecule has 2 rings (SSSR count). The first kappa shape index (κ1) is 12.9. The third-order valence-corrected chi connectivity index (χ3v) is 4.05. The van der Waals surface area contributed by atoms with E-state index in [1.807, 2.05) is 0 Å². The van der Waals surface area contributed by atoms with E-state index in [1.165, 1.54) is 11.3 Å². The summed E-state index contributed by atoms with van der Waals surface area (Å²) in [5.41, 5.74) is 6.34. The first-order chi connectivity index (χ1) is 8.61. The number of hydrogen-bond acceptors (Lipinski definition) is 5. The molecule has 98 valence electrons. The standard InChI is InChI=1S/C12H17N3O2S/c1-2-4-14-12(17)11-9(13)6-10(18-11)15-5-3-8(16)7-15/h2,6,8,16H,1,3-5,7,13H2,(H,14,17). The van der Waals surface area contributed by atoms with Gasteiger partial charge in [0.25, 0.3) is 5.91 Å². The largest absolute Gasteiger partial charge is 0.397 e. The van der Waals surface area contributed by atoms with Crippen molar-refractivity contribution < 1.29 is 9.90 Å². The van der Waals surface area contributed by atoms with Crippen molar-refractivity contribution in [2.24, 2.45) is 0 Å². The van der Waals surface area contributed by atoms with Crippen LogP contribution in [0.2, 0.25) is 0 Å². The Kier molecular flexibility index (Phi) is 3.88. The molecule has 4 N–H and O–H groups in total. The second-order valence-corrected chi connectivity index (χ2v) is 5.29. The third kappa shape index (κ3) is 2.65. The van der Waals surface area contributed by atoms with Gasteiger partial charge in [-0.3, -0.25) is 4.79 Å². The molecule has 1 aromatic rings. The molecular weight excluding hydrogens is 250 g/mol. The Morgan fingerprint density at radius 2 is 2.56 bits per heavy atom. The minimum atomic E-state index is -0.286. The number of aliphatic hydroxyl groups excluding tert-OH is 1. The van der Waals surface area contributed by atoms with Gasteiger partial charge in [-0.15, -0.1) is 17.9 Å². The predicted octanol–water partition coefficient (Wildman–Crippen LogP) is 0.817. The summed E-state index contributed by atoms with van der Waals surface area (Å²) in [6.07, 6.45) is 2.10. The van der Waals surface area contributed by atoms with Gasteiger partial charge in [-0.25, -0.2) is 0 Å². The Hall–Kier alpha value is -1.53. The molecule has 0 spiro atoms. The number of nitrogens with zero attached hydrogens (tertiary/aromatic N) is 1. The lowest BCUT2D eigenvalue weighted by molar-refractivity contribution is 0.0963. The van der Waals surface area contributed by atoms with Gasteiger partial charge in [0.05, 0.1) is 16.8 Å². The summed E-state index contributed by atoms with van der Waals surface area (Å²) in [5.74, 6) is -0.177. The maximum absolute atomic E-state index is 11.8. The Morgan fingerprint density at radius 1 is 1.78 bits per heavy atom. The number of nitrogens with one attached hydrogen (secondary N) is 1. The van der Waals surface area contributed by atoms with Crippen LogP contribution in [0.15, 0.2) is 18.7 Å². The lowest BCUT2D eigenvalue weighted by atomic mass is 10.3. The maximum atomic E-state index is 11.8. The summed E-state index contributed by atoms with van der Waals surface area (Å²) < 4.78 is 0. The van der Waals surface area contributed by atoms with Crippen LogP contribution in [0, 0.1) is 0 Å². The van der Waals surface area contributed by atoms with E-state index < -0.39 is 0 Å². The van der Waals surface area contributed by atoms with E-state index in [2.05, 4.69) is 16.8 Å². The average molecular weight is 267 g/mol. The normalized spacial score (nSPS) is 18.9. The number of thiophene rings is 1. The molecule has 1 aromatic heterocycles. The summed E-state index contributed by atoms with van der Waals surface area (Å²) in [6, 6.07) is 1.80. The van der Waals surface area contributed by atoms with Crippen molar-refractivity contribution in [1.82, 2.24) is 5.32 Å². The highest BCUT2D eigenvalue weighted by Crippen LogP contribution is 2.33. The minimum absolute atomic E-state index is 0.177. The molecule has 6 heteroatoms. The summed E-state index contributed by atoms with van der Waals surface area (Å²) >= 11 is 1.36. The zero-order valence-corrected chi connectivity index (χ0v) is 10.9. The predicted molar refractivity (Wildman–Crippen MR) is 74.1 cm³/mol. The summed E-state index contributed by atoms with van der Waals surface area (Å²) in [4.78, 5) is 14.4. The first-order valence-electron chi connectivity index (χ1n) is 5.83. The zero-order chi connectivity index (χ0) is 13.1. The SMILES string of the molecule is C=CCNC(=O)c1sc(N2CCC(O)C2)cc1N. The first-order valence-corrected chi connectivity index (χ1v) is 6.65. The lowest BCUT2D eigenvalue weighted by Crippen LogP contribution is -2.23. The molecule has 1 aliphatic heterocycles. The van der Waals surface area contributed by atoms with Gasteiger partial charge in [0.1, 0.15) is 4.88 Å². The second-order valence-electron chi connectivity index (χ2n) is 4.26. The van der Waals surface area contributed by atoms with Crippen LogP contribution in [0.3, 0.4) is 0 Å². The van der Waals surface area contributed by atoms with E-state index in [1.54, 1.807) is 12.1 Å². The number of anilines is 2. The number of nitrogen functional groups attached to an aromatic ring is 1. The number of carbonyl (C=O) groups is 1. The van der Waals surface area contributed by atoms with Crippen molar-refractivity contribution >= 4 is 27.9 Å². The molecule has 0 aromatic carbocycles. The molecule has 0 bridgehead atoms. The maximum Gasteiger partial charge on any atom is 0.263 e. The highest BCUT2D eigenvalue weighted by Gasteiger charge is 2.24. The Labute approximate surface area is 110 Å². The van der Waals surface area contributed by atoms with E-state index in [4.69, 9.17) is 5.73 Å². The molecule has 1 unspecified atom stereocenters. The second kappa shape index (κ2) is 5.41. The molecule has 1 fully saturated rings. The van der Waals surface area contributed by atoms with Gasteiger partial charge in [-0.2, -0.15) is 0 Å². The Balaban J connectivity index is 2.11. The quantitative estimate of drug-likeness (QED) is 0.706. The number of nitrogens with two attached hydrogens (primary N) is 1. The van der Waals surface area contributed by atoms with Crippen LogP contribution < -0.4 is 16.0 Å². The van der Waals surface area contributed by atoms with Crippen molar-refractivity contribution in [2.75, 3.05) is 30.3 Å². The number of carbonyl (C=O) groups excluding carboxylic acids is 1. The van der Waals surface area contributed by atoms with Gasteiger partial charge in [0.2, 0.25) is 0 Å². The van der Waals surface area contributed by atoms with Crippen molar-refractivity contribution in [1.29, 1.82) is 0 Å². The Morgan fingerprint density at radius 3 is 3.17 bits per heavy atom. The number of amides is 1. The van der Waals surface area contributed by atoms with Crippen LogP contribution in [0.25, 0.3) is 0 Å². The molecule has 18 heavy (non-hydrogen) atoms. The van der Waals surface area contributed by atoms with Crippen LogP contribution in [-0.2, 0) is 0 Å². The molecular formula is C12H17N3O2S. The molecule has 2 heterocycles.